The van der Waals surface area contributed by atoms with E-state index in [-0.39, 0.29) is 0 Å². The summed E-state index contributed by atoms with van der Waals surface area (Å²) in [7, 11) is 0. The number of hydrogen-bond acceptors (Lipinski definition) is 2. The van der Waals surface area contributed by atoms with Crippen LogP contribution in [-0.2, 0) is 6.42 Å². The molecule has 0 saturated heterocycles. The predicted molar refractivity (Wildman–Crippen MR) is 71.8 cm³/mol. The molecule has 3 unspecified atom stereocenters. The number of nitrogens with zero attached hydrogens (tertiary/aromatic N) is 1. The number of nitriles is 1. The molecule has 0 aromatic heterocycles. The molecule has 1 saturated carbocycles. The monoisotopic (exact) mass is 243 g/mol. The van der Waals surface area contributed by atoms with Crippen LogP contribution in [0.25, 0.3) is 0 Å². The normalized spacial score (nSPS) is 29.5. The molecule has 1 aromatic rings. The van der Waals surface area contributed by atoms with Crippen LogP contribution in [0.2, 0.25) is 0 Å². The molecule has 0 aliphatic heterocycles. The van der Waals surface area contributed by atoms with Gasteiger partial charge in [0.15, 0.2) is 0 Å². The van der Waals surface area contributed by atoms with Crippen LogP contribution in [0.1, 0.15) is 38.2 Å². The van der Waals surface area contributed by atoms with Gasteiger partial charge < -0.3 is 5.11 Å². The quantitative estimate of drug-likeness (QED) is 0.885. The van der Waals surface area contributed by atoms with E-state index in [0.29, 0.717) is 12.3 Å². The minimum absolute atomic E-state index is 0.534. The summed E-state index contributed by atoms with van der Waals surface area (Å²) in [5, 5.41) is 20.0. The van der Waals surface area contributed by atoms with Crippen LogP contribution < -0.4 is 0 Å². The first-order chi connectivity index (χ1) is 8.66. The maximum atomic E-state index is 10.5. The maximum Gasteiger partial charge on any atom is 0.0838 e. The lowest BCUT2D eigenvalue weighted by Gasteiger charge is -2.38. The average molecular weight is 243 g/mol. The summed E-state index contributed by atoms with van der Waals surface area (Å²) in [5.74, 6) is 0.545. The van der Waals surface area contributed by atoms with Crippen LogP contribution in [0.4, 0.5) is 0 Å². The Bertz CT molecular complexity index is 422. The van der Waals surface area contributed by atoms with Crippen molar-refractivity contribution in [3.63, 3.8) is 0 Å². The van der Waals surface area contributed by atoms with E-state index in [4.69, 9.17) is 0 Å². The lowest BCUT2D eigenvalue weighted by atomic mass is 9.66. The molecular weight excluding hydrogens is 222 g/mol. The third kappa shape index (κ3) is 2.73. The second-order valence-electron chi connectivity index (χ2n) is 5.67. The molecule has 0 amide bonds. The molecule has 1 aliphatic rings. The van der Waals surface area contributed by atoms with E-state index in [0.717, 1.165) is 24.8 Å². The number of aliphatic hydroxyl groups excluding tert-OH is 1. The largest absolute Gasteiger partial charge is 0.391 e. The van der Waals surface area contributed by atoms with E-state index >= 15 is 0 Å². The van der Waals surface area contributed by atoms with E-state index in [1.165, 1.54) is 6.42 Å². The van der Waals surface area contributed by atoms with Gasteiger partial charge in [0.05, 0.1) is 17.6 Å². The summed E-state index contributed by atoms with van der Waals surface area (Å²) in [5.41, 5.74) is 0.575. The average Bonchev–Trinajstić information content (AvgIpc) is 2.39. The van der Waals surface area contributed by atoms with Crippen LogP contribution >= 0.6 is 0 Å². The van der Waals surface area contributed by atoms with Gasteiger partial charge in [0.25, 0.3) is 0 Å². The molecule has 96 valence electrons. The highest BCUT2D eigenvalue weighted by Gasteiger charge is 2.41. The molecule has 18 heavy (non-hydrogen) atoms. The van der Waals surface area contributed by atoms with Gasteiger partial charge in [-0.2, -0.15) is 5.26 Å². The molecule has 2 rings (SSSR count). The zero-order valence-corrected chi connectivity index (χ0v) is 11.0. The zero-order valence-electron chi connectivity index (χ0n) is 11.0. The molecule has 0 spiro atoms. The van der Waals surface area contributed by atoms with E-state index in [1.54, 1.807) is 0 Å². The predicted octanol–water partition coefficient (Wildman–Crippen LogP) is 3.31. The first-order valence-corrected chi connectivity index (χ1v) is 6.79. The summed E-state index contributed by atoms with van der Waals surface area (Å²) >= 11 is 0. The van der Waals surface area contributed by atoms with Gasteiger partial charge in [-0.15, -0.1) is 0 Å². The highest BCUT2D eigenvalue weighted by atomic mass is 16.3. The number of hydrogen-bond donors (Lipinski definition) is 1. The number of aliphatic hydroxyl groups is 1. The Morgan fingerprint density at radius 3 is 2.78 bits per heavy atom. The number of rotatable bonds is 3. The van der Waals surface area contributed by atoms with E-state index in [2.05, 4.69) is 13.0 Å². The maximum absolute atomic E-state index is 10.5. The molecule has 0 radical (unpaired) electrons. The minimum atomic E-state index is -0.548. The van der Waals surface area contributed by atoms with Gasteiger partial charge in [-0.05, 0) is 30.7 Å². The Hall–Kier alpha value is -1.33. The van der Waals surface area contributed by atoms with Crippen LogP contribution in [-0.4, -0.2) is 11.2 Å². The third-order valence-corrected chi connectivity index (χ3v) is 4.16. The number of benzene rings is 1. The van der Waals surface area contributed by atoms with Crippen molar-refractivity contribution in [3.8, 4) is 6.07 Å². The fourth-order valence-electron chi connectivity index (χ4n) is 3.10. The van der Waals surface area contributed by atoms with Crippen LogP contribution in [0, 0.1) is 22.7 Å². The fraction of sp³-hybridized carbons (Fsp3) is 0.562. The molecule has 1 aliphatic carbocycles. The molecule has 1 aromatic carbocycles. The van der Waals surface area contributed by atoms with E-state index in [9.17, 15) is 10.4 Å². The zero-order chi connectivity index (χ0) is 13.0. The topological polar surface area (TPSA) is 44.0 Å². The van der Waals surface area contributed by atoms with Crippen molar-refractivity contribution in [2.24, 2.45) is 11.3 Å². The molecular formula is C16H21NO. The highest BCUT2D eigenvalue weighted by Crippen LogP contribution is 2.42. The second-order valence-corrected chi connectivity index (χ2v) is 5.67. The van der Waals surface area contributed by atoms with Gasteiger partial charge in [0.2, 0.25) is 0 Å². The SMILES string of the molecule is CC1CCCC(C#N)(C(O)Cc2ccccc2)C1. The lowest BCUT2D eigenvalue weighted by Crippen LogP contribution is -2.39. The Balaban J connectivity index is 2.11. The van der Waals surface area contributed by atoms with Crippen molar-refractivity contribution in [2.75, 3.05) is 0 Å². The van der Waals surface area contributed by atoms with Crippen molar-refractivity contribution < 1.29 is 5.11 Å². The molecule has 1 fully saturated rings. The highest BCUT2D eigenvalue weighted by molar-refractivity contribution is 5.18. The lowest BCUT2D eigenvalue weighted by molar-refractivity contribution is 0.0237. The molecule has 1 N–H and O–H groups in total. The first-order valence-electron chi connectivity index (χ1n) is 6.79. The van der Waals surface area contributed by atoms with Crippen molar-refractivity contribution >= 4 is 0 Å². The summed E-state index contributed by atoms with van der Waals surface area (Å²) in [4.78, 5) is 0. The van der Waals surface area contributed by atoms with Crippen molar-refractivity contribution in [3.05, 3.63) is 35.9 Å². The van der Waals surface area contributed by atoms with E-state index < -0.39 is 11.5 Å². The van der Waals surface area contributed by atoms with Gasteiger partial charge in [-0.3, -0.25) is 0 Å². The summed E-state index contributed by atoms with van der Waals surface area (Å²) in [6, 6.07) is 12.4. The standard InChI is InChI=1S/C16H21NO/c1-13-6-5-9-16(11-13,12-17)15(18)10-14-7-3-2-4-8-14/h2-4,7-8,13,15,18H,5-6,9-11H2,1H3. The molecule has 0 bridgehead atoms. The summed E-state index contributed by atoms with van der Waals surface area (Å²) in [6.45, 7) is 2.18. The molecule has 2 heteroatoms. The van der Waals surface area contributed by atoms with Crippen LogP contribution in [0.15, 0.2) is 30.3 Å². The van der Waals surface area contributed by atoms with Crippen LogP contribution in [0.3, 0.4) is 0 Å². The smallest absolute Gasteiger partial charge is 0.0838 e. The molecule has 3 atom stereocenters. The Labute approximate surface area is 109 Å². The Morgan fingerprint density at radius 2 is 2.17 bits per heavy atom. The fourth-order valence-corrected chi connectivity index (χ4v) is 3.10. The van der Waals surface area contributed by atoms with Crippen LogP contribution in [0.5, 0.6) is 0 Å². The van der Waals surface area contributed by atoms with Gasteiger partial charge >= 0.3 is 0 Å². The van der Waals surface area contributed by atoms with Gasteiger partial charge in [-0.25, -0.2) is 0 Å². The van der Waals surface area contributed by atoms with Gasteiger partial charge in [0, 0.05) is 0 Å². The van der Waals surface area contributed by atoms with Crippen molar-refractivity contribution in [1.82, 2.24) is 0 Å². The van der Waals surface area contributed by atoms with Gasteiger partial charge in [0.1, 0.15) is 0 Å². The van der Waals surface area contributed by atoms with Crippen molar-refractivity contribution in [2.45, 2.75) is 45.1 Å². The third-order valence-electron chi connectivity index (χ3n) is 4.16. The second kappa shape index (κ2) is 5.54. The minimum Gasteiger partial charge on any atom is -0.391 e. The van der Waals surface area contributed by atoms with Crippen molar-refractivity contribution in [1.29, 1.82) is 5.26 Å². The summed E-state index contributed by atoms with van der Waals surface area (Å²) < 4.78 is 0. The molecule has 0 heterocycles. The van der Waals surface area contributed by atoms with E-state index in [1.807, 2.05) is 30.3 Å². The Kier molecular flexibility index (Phi) is 4.04. The Morgan fingerprint density at radius 1 is 1.44 bits per heavy atom. The molecule has 2 nitrogen and oxygen atoms in total. The first kappa shape index (κ1) is 13.1. The summed E-state index contributed by atoms with van der Waals surface area (Å²) in [6.07, 6.45) is 3.94. The van der Waals surface area contributed by atoms with Gasteiger partial charge in [-0.1, -0.05) is 50.1 Å².